The standard InChI is InChI=1S/C15H20BrNO/c1-11-4-2-3-5-14(11)15(18)17-13-8-6-12(10-16)7-9-13/h2-5,12-13H,6-10H2,1H3,(H,17,18). The van der Waals surface area contributed by atoms with Gasteiger partial charge in [0.05, 0.1) is 0 Å². The van der Waals surface area contributed by atoms with Crippen LogP contribution in [0.2, 0.25) is 0 Å². The van der Waals surface area contributed by atoms with Crippen molar-refractivity contribution in [1.29, 1.82) is 0 Å². The smallest absolute Gasteiger partial charge is 0.251 e. The summed E-state index contributed by atoms with van der Waals surface area (Å²) in [6, 6.07) is 8.12. The first-order valence-electron chi connectivity index (χ1n) is 6.63. The maximum atomic E-state index is 12.2. The highest BCUT2D eigenvalue weighted by Gasteiger charge is 2.22. The first kappa shape index (κ1) is 13.6. The molecule has 0 aliphatic heterocycles. The summed E-state index contributed by atoms with van der Waals surface area (Å²) in [5, 5.41) is 4.26. The Balaban J connectivity index is 1.91. The fraction of sp³-hybridized carbons (Fsp3) is 0.533. The molecular weight excluding hydrogens is 290 g/mol. The summed E-state index contributed by atoms with van der Waals surface area (Å²) in [4.78, 5) is 12.2. The van der Waals surface area contributed by atoms with Gasteiger partial charge in [0.15, 0.2) is 0 Å². The first-order chi connectivity index (χ1) is 8.70. The molecule has 0 bridgehead atoms. The summed E-state index contributed by atoms with van der Waals surface area (Å²) >= 11 is 3.54. The van der Waals surface area contributed by atoms with E-state index in [4.69, 9.17) is 0 Å². The normalized spacial score (nSPS) is 23.7. The minimum atomic E-state index is 0.0791. The molecule has 2 nitrogen and oxygen atoms in total. The lowest BCUT2D eigenvalue weighted by Crippen LogP contribution is -2.38. The van der Waals surface area contributed by atoms with Gasteiger partial charge in [0.2, 0.25) is 0 Å². The van der Waals surface area contributed by atoms with Crippen LogP contribution in [-0.4, -0.2) is 17.3 Å². The fourth-order valence-electron chi connectivity index (χ4n) is 2.55. The number of carbonyl (C=O) groups is 1. The third-order valence-electron chi connectivity index (χ3n) is 3.79. The van der Waals surface area contributed by atoms with E-state index in [0.29, 0.717) is 6.04 Å². The number of benzene rings is 1. The second-order valence-corrected chi connectivity index (χ2v) is 5.81. The fourth-order valence-corrected chi connectivity index (χ4v) is 3.20. The van der Waals surface area contributed by atoms with Crippen LogP contribution >= 0.6 is 15.9 Å². The Kier molecular flexibility index (Phi) is 4.81. The molecule has 1 amide bonds. The van der Waals surface area contributed by atoms with Gasteiger partial charge in [-0.1, -0.05) is 34.1 Å². The molecule has 1 aromatic carbocycles. The molecule has 0 heterocycles. The van der Waals surface area contributed by atoms with Crippen molar-refractivity contribution in [2.45, 2.75) is 38.6 Å². The van der Waals surface area contributed by atoms with Crippen LogP contribution in [0.15, 0.2) is 24.3 Å². The number of rotatable bonds is 3. The van der Waals surface area contributed by atoms with Crippen molar-refractivity contribution >= 4 is 21.8 Å². The van der Waals surface area contributed by atoms with Crippen LogP contribution < -0.4 is 5.32 Å². The summed E-state index contributed by atoms with van der Waals surface area (Å²) in [6.07, 6.45) is 4.63. The lowest BCUT2D eigenvalue weighted by atomic mass is 9.87. The van der Waals surface area contributed by atoms with Crippen LogP contribution in [-0.2, 0) is 0 Å². The van der Waals surface area contributed by atoms with Gasteiger partial charge < -0.3 is 5.32 Å². The monoisotopic (exact) mass is 309 g/mol. The number of hydrogen-bond donors (Lipinski definition) is 1. The minimum Gasteiger partial charge on any atom is -0.349 e. The molecule has 3 heteroatoms. The topological polar surface area (TPSA) is 29.1 Å². The Morgan fingerprint density at radius 1 is 1.28 bits per heavy atom. The summed E-state index contributed by atoms with van der Waals surface area (Å²) in [7, 11) is 0. The van der Waals surface area contributed by atoms with E-state index in [1.165, 1.54) is 12.8 Å². The number of carbonyl (C=O) groups excluding carboxylic acids is 1. The molecule has 1 aliphatic rings. The van der Waals surface area contributed by atoms with Crippen molar-refractivity contribution < 1.29 is 4.79 Å². The average molecular weight is 310 g/mol. The summed E-state index contributed by atoms with van der Waals surface area (Å²) in [6.45, 7) is 1.98. The second-order valence-electron chi connectivity index (χ2n) is 5.16. The quantitative estimate of drug-likeness (QED) is 0.848. The molecular formula is C15H20BrNO. The number of amides is 1. The Labute approximate surface area is 117 Å². The molecule has 0 atom stereocenters. The largest absolute Gasteiger partial charge is 0.349 e. The molecule has 0 aromatic heterocycles. The van der Waals surface area contributed by atoms with E-state index in [9.17, 15) is 4.79 Å². The van der Waals surface area contributed by atoms with Crippen molar-refractivity contribution in [2.75, 3.05) is 5.33 Å². The highest BCUT2D eigenvalue weighted by molar-refractivity contribution is 9.09. The molecule has 18 heavy (non-hydrogen) atoms. The van der Waals surface area contributed by atoms with E-state index < -0.39 is 0 Å². The molecule has 1 saturated carbocycles. The Morgan fingerprint density at radius 2 is 1.94 bits per heavy atom. The van der Waals surface area contributed by atoms with Crippen molar-refractivity contribution in [2.24, 2.45) is 5.92 Å². The van der Waals surface area contributed by atoms with Crippen molar-refractivity contribution in [3.05, 3.63) is 35.4 Å². The lowest BCUT2D eigenvalue weighted by molar-refractivity contribution is 0.0923. The number of nitrogens with one attached hydrogen (secondary N) is 1. The molecule has 1 aliphatic carbocycles. The van der Waals surface area contributed by atoms with Crippen LogP contribution in [0.4, 0.5) is 0 Å². The molecule has 0 unspecified atom stereocenters. The number of aryl methyl sites for hydroxylation is 1. The highest BCUT2D eigenvalue weighted by Crippen LogP contribution is 2.25. The Hall–Kier alpha value is -0.830. The maximum Gasteiger partial charge on any atom is 0.251 e. The van der Waals surface area contributed by atoms with E-state index in [1.54, 1.807) is 0 Å². The minimum absolute atomic E-state index is 0.0791. The highest BCUT2D eigenvalue weighted by atomic mass is 79.9. The zero-order chi connectivity index (χ0) is 13.0. The summed E-state index contributed by atoms with van der Waals surface area (Å²) in [5.41, 5.74) is 1.85. The van der Waals surface area contributed by atoms with Crippen molar-refractivity contribution in [3.8, 4) is 0 Å². The zero-order valence-corrected chi connectivity index (χ0v) is 12.4. The van der Waals surface area contributed by atoms with E-state index in [0.717, 1.165) is 35.2 Å². The average Bonchev–Trinajstić information content (AvgIpc) is 2.40. The lowest BCUT2D eigenvalue weighted by Gasteiger charge is -2.28. The predicted octanol–water partition coefficient (Wildman–Crippen LogP) is 3.68. The van der Waals surface area contributed by atoms with Gasteiger partial charge in [-0.3, -0.25) is 4.79 Å². The van der Waals surface area contributed by atoms with Gasteiger partial charge in [-0.15, -0.1) is 0 Å². The number of halogens is 1. The molecule has 0 saturated heterocycles. The molecule has 1 fully saturated rings. The SMILES string of the molecule is Cc1ccccc1C(=O)NC1CCC(CBr)CC1. The summed E-state index contributed by atoms with van der Waals surface area (Å²) < 4.78 is 0. The summed E-state index contributed by atoms with van der Waals surface area (Å²) in [5.74, 6) is 0.868. The van der Waals surface area contributed by atoms with Gasteiger partial charge in [-0.2, -0.15) is 0 Å². The number of hydrogen-bond acceptors (Lipinski definition) is 1. The molecule has 2 rings (SSSR count). The van der Waals surface area contributed by atoms with Crippen LogP contribution in [0.5, 0.6) is 0 Å². The first-order valence-corrected chi connectivity index (χ1v) is 7.75. The number of alkyl halides is 1. The molecule has 0 spiro atoms. The zero-order valence-electron chi connectivity index (χ0n) is 10.8. The van der Waals surface area contributed by atoms with E-state index in [1.807, 2.05) is 31.2 Å². The van der Waals surface area contributed by atoms with Gasteiger partial charge in [-0.05, 0) is 50.2 Å². The van der Waals surface area contributed by atoms with Crippen molar-refractivity contribution in [3.63, 3.8) is 0 Å². The van der Waals surface area contributed by atoms with Crippen LogP contribution in [0.3, 0.4) is 0 Å². The van der Waals surface area contributed by atoms with Gasteiger partial charge >= 0.3 is 0 Å². The van der Waals surface area contributed by atoms with E-state index in [2.05, 4.69) is 21.2 Å². The van der Waals surface area contributed by atoms with Crippen LogP contribution in [0, 0.1) is 12.8 Å². The van der Waals surface area contributed by atoms with Crippen LogP contribution in [0.1, 0.15) is 41.6 Å². The van der Waals surface area contributed by atoms with Crippen molar-refractivity contribution in [1.82, 2.24) is 5.32 Å². The molecule has 98 valence electrons. The Bertz CT molecular complexity index is 411. The van der Waals surface area contributed by atoms with E-state index in [-0.39, 0.29) is 5.91 Å². The predicted molar refractivity (Wildman–Crippen MR) is 78.2 cm³/mol. The molecule has 1 aromatic rings. The third-order valence-corrected chi connectivity index (χ3v) is 4.71. The second kappa shape index (κ2) is 6.37. The van der Waals surface area contributed by atoms with Gasteiger partial charge in [0.25, 0.3) is 5.91 Å². The van der Waals surface area contributed by atoms with Gasteiger partial charge in [0, 0.05) is 16.9 Å². The molecule has 1 N–H and O–H groups in total. The van der Waals surface area contributed by atoms with Gasteiger partial charge in [-0.25, -0.2) is 0 Å². The van der Waals surface area contributed by atoms with E-state index >= 15 is 0 Å². The Morgan fingerprint density at radius 3 is 2.56 bits per heavy atom. The third kappa shape index (κ3) is 3.35. The maximum absolute atomic E-state index is 12.2. The van der Waals surface area contributed by atoms with Crippen LogP contribution in [0.25, 0.3) is 0 Å². The van der Waals surface area contributed by atoms with Gasteiger partial charge in [0.1, 0.15) is 0 Å². The molecule has 0 radical (unpaired) electrons.